The maximum atomic E-state index is 12.2. The van der Waals surface area contributed by atoms with Crippen LogP contribution < -0.4 is 9.47 Å². The van der Waals surface area contributed by atoms with E-state index in [1.54, 1.807) is 12.1 Å². The van der Waals surface area contributed by atoms with Crippen molar-refractivity contribution >= 4 is 17.4 Å². The third-order valence-corrected chi connectivity index (χ3v) is 3.94. The zero-order chi connectivity index (χ0) is 12.5. The maximum Gasteiger partial charge on any atom is 0.164 e. The quantitative estimate of drug-likeness (QED) is 0.786. The number of hydrogen-bond acceptors (Lipinski definition) is 3. The molecule has 3 nitrogen and oxygen atoms in total. The molecule has 1 aliphatic heterocycles. The van der Waals surface area contributed by atoms with Crippen LogP contribution in [0.15, 0.2) is 12.1 Å². The minimum absolute atomic E-state index is 0.113. The van der Waals surface area contributed by atoms with Gasteiger partial charge in [0.25, 0.3) is 0 Å². The van der Waals surface area contributed by atoms with E-state index in [-0.39, 0.29) is 5.78 Å². The summed E-state index contributed by atoms with van der Waals surface area (Å²) < 4.78 is 10.9. The molecule has 1 fully saturated rings. The molecule has 0 N–H and O–H groups in total. The summed E-state index contributed by atoms with van der Waals surface area (Å²) in [5.41, 5.74) is 0.563. The van der Waals surface area contributed by atoms with Gasteiger partial charge in [-0.05, 0) is 12.0 Å². The Labute approximate surface area is 111 Å². The largest absolute Gasteiger partial charge is 0.486 e. The summed E-state index contributed by atoms with van der Waals surface area (Å²) in [7, 11) is 0. The Hall–Kier alpha value is -1.22. The minimum Gasteiger partial charge on any atom is -0.486 e. The van der Waals surface area contributed by atoms with Crippen LogP contribution in [0, 0.1) is 5.92 Å². The lowest BCUT2D eigenvalue weighted by Gasteiger charge is -2.25. The fourth-order valence-corrected chi connectivity index (χ4v) is 2.61. The van der Waals surface area contributed by atoms with Crippen molar-refractivity contribution in [3.63, 3.8) is 0 Å². The lowest BCUT2D eigenvalue weighted by atomic mass is 9.81. The first-order chi connectivity index (χ1) is 8.74. The third-order valence-electron chi connectivity index (χ3n) is 3.63. The van der Waals surface area contributed by atoms with Crippen molar-refractivity contribution in [1.29, 1.82) is 0 Å². The Balaban J connectivity index is 1.84. The highest BCUT2D eigenvalue weighted by atomic mass is 35.5. The van der Waals surface area contributed by atoms with E-state index in [0.29, 0.717) is 47.6 Å². The number of carbonyl (C=O) groups is 1. The van der Waals surface area contributed by atoms with E-state index < -0.39 is 0 Å². The first-order valence-corrected chi connectivity index (χ1v) is 6.74. The van der Waals surface area contributed by atoms with E-state index in [1.165, 1.54) is 6.42 Å². The Morgan fingerprint density at radius 3 is 2.50 bits per heavy atom. The molecule has 3 rings (SSSR count). The molecule has 96 valence electrons. The number of fused-ring (bicyclic) bond motifs is 1. The molecule has 0 atom stereocenters. The van der Waals surface area contributed by atoms with E-state index >= 15 is 0 Å². The molecular formula is C14H15ClO3. The fraction of sp³-hybridized carbons (Fsp3) is 0.500. The molecule has 0 saturated heterocycles. The van der Waals surface area contributed by atoms with Crippen molar-refractivity contribution < 1.29 is 14.3 Å². The van der Waals surface area contributed by atoms with Gasteiger partial charge in [0.05, 0.1) is 5.02 Å². The molecule has 1 heterocycles. The average molecular weight is 267 g/mol. The smallest absolute Gasteiger partial charge is 0.164 e. The molecule has 1 aromatic carbocycles. The van der Waals surface area contributed by atoms with Crippen LogP contribution in [0.3, 0.4) is 0 Å². The van der Waals surface area contributed by atoms with Gasteiger partial charge in [-0.15, -0.1) is 0 Å². The van der Waals surface area contributed by atoms with Gasteiger partial charge in [-0.2, -0.15) is 0 Å². The lowest BCUT2D eigenvalue weighted by molar-refractivity contribution is 0.0935. The molecule has 0 bridgehead atoms. The highest BCUT2D eigenvalue weighted by molar-refractivity contribution is 6.34. The number of Topliss-reactive ketones (excluding diaryl/α,β-unsaturated/α-hetero) is 1. The summed E-state index contributed by atoms with van der Waals surface area (Å²) in [4.78, 5) is 12.2. The zero-order valence-corrected chi connectivity index (χ0v) is 10.8. The fourth-order valence-electron chi connectivity index (χ4n) is 2.35. The molecule has 1 saturated carbocycles. The molecule has 18 heavy (non-hydrogen) atoms. The number of ether oxygens (including phenoxy) is 2. The van der Waals surface area contributed by atoms with Crippen molar-refractivity contribution in [3.05, 3.63) is 22.7 Å². The standard InChI is InChI=1S/C14H15ClO3/c15-11-8-14-13(17-4-5-18-14)7-10(11)12(16)6-9-2-1-3-9/h7-9H,1-6H2. The van der Waals surface area contributed by atoms with Crippen LogP contribution in [0.5, 0.6) is 11.5 Å². The second-order valence-corrected chi connectivity index (χ2v) is 5.31. The summed E-state index contributed by atoms with van der Waals surface area (Å²) in [5, 5.41) is 0.462. The van der Waals surface area contributed by atoms with Gasteiger partial charge in [-0.1, -0.05) is 30.9 Å². The Bertz CT molecular complexity index is 480. The molecule has 1 aromatic rings. The molecule has 1 aliphatic carbocycles. The van der Waals surface area contributed by atoms with Crippen molar-refractivity contribution in [3.8, 4) is 11.5 Å². The monoisotopic (exact) mass is 266 g/mol. The van der Waals surface area contributed by atoms with Gasteiger partial charge in [0, 0.05) is 18.1 Å². The number of ketones is 1. The predicted octanol–water partition coefficient (Wildman–Crippen LogP) is 3.48. The van der Waals surface area contributed by atoms with E-state index in [2.05, 4.69) is 0 Å². The second-order valence-electron chi connectivity index (χ2n) is 4.90. The zero-order valence-electron chi connectivity index (χ0n) is 10.1. The van der Waals surface area contributed by atoms with Gasteiger partial charge in [0.1, 0.15) is 13.2 Å². The van der Waals surface area contributed by atoms with E-state index in [9.17, 15) is 4.79 Å². The number of hydrogen-bond donors (Lipinski definition) is 0. The van der Waals surface area contributed by atoms with Crippen LogP contribution >= 0.6 is 11.6 Å². The van der Waals surface area contributed by atoms with E-state index in [4.69, 9.17) is 21.1 Å². The number of carbonyl (C=O) groups excluding carboxylic acids is 1. The SMILES string of the molecule is O=C(CC1CCC1)c1cc2c(cc1Cl)OCCO2. The molecule has 0 amide bonds. The molecule has 0 aromatic heterocycles. The molecule has 4 heteroatoms. The summed E-state index contributed by atoms with van der Waals surface area (Å²) in [6, 6.07) is 3.40. The van der Waals surface area contributed by atoms with Crippen LogP contribution in [0.4, 0.5) is 0 Å². The highest BCUT2D eigenvalue weighted by Gasteiger charge is 2.24. The molecule has 0 unspecified atom stereocenters. The van der Waals surface area contributed by atoms with Gasteiger partial charge < -0.3 is 9.47 Å². The highest BCUT2D eigenvalue weighted by Crippen LogP contribution is 2.37. The number of halogens is 1. The van der Waals surface area contributed by atoms with Crippen LogP contribution in [0.1, 0.15) is 36.0 Å². The average Bonchev–Trinajstić information content (AvgIpc) is 2.32. The Kier molecular flexibility index (Phi) is 3.16. The maximum absolute atomic E-state index is 12.2. The van der Waals surface area contributed by atoms with Crippen molar-refractivity contribution in [1.82, 2.24) is 0 Å². The number of benzene rings is 1. The van der Waals surface area contributed by atoms with E-state index in [0.717, 1.165) is 12.8 Å². The van der Waals surface area contributed by atoms with Crippen molar-refractivity contribution in [2.24, 2.45) is 5.92 Å². The molecule has 2 aliphatic rings. The molecule has 0 radical (unpaired) electrons. The topological polar surface area (TPSA) is 35.5 Å². The summed E-state index contributed by atoms with van der Waals surface area (Å²) in [5.74, 6) is 1.91. The van der Waals surface area contributed by atoms with Crippen molar-refractivity contribution in [2.75, 3.05) is 13.2 Å². The van der Waals surface area contributed by atoms with Crippen LogP contribution in [-0.2, 0) is 0 Å². The molecule has 0 spiro atoms. The summed E-state index contributed by atoms with van der Waals surface area (Å²) in [6.07, 6.45) is 4.16. The second kappa shape index (κ2) is 4.81. The van der Waals surface area contributed by atoms with Gasteiger partial charge >= 0.3 is 0 Å². The lowest BCUT2D eigenvalue weighted by Crippen LogP contribution is -2.18. The van der Waals surface area contributed by atoms with Gasteiger partial charge in [0.2, 0.25) is 0 Å². The third kappa shape index (κ3) is 2.19. The summed E-state index contributed by atoms with van der Waals surface area (Å²) in [6.45, 7) is 1.05. The van der Waals surface area contributed by atoms with Gasteiger partial charge in [-0.25, -0.2) is 0 Å². The van der Waals surface area contributed by atoms with Crippen LogP contribution in [0.25, 0.3) is 0 Å². The van der Waals surface area contributed by atoms with Gasteiger partial charge in [-0.3, -0.25) is 4.79 Å². The first kappa shape index (κ1) is 11.8. The Morgan fingerprint density at radius 2 is 1.89 bits per heavy atom. The van der Waals surface area contributed by atoms with E-state index in [1.807, 2.05) is 0 Å². The van der Waals surface area contributed by atoms with Crippen LogP contribution in [-0.4, -0.2) is 19.0 Å². The number of rotatable bonds is 3. The van der Waals surface area contributed by atoms with Crippen LogP contribution in [0.2, 0.25) is 5.02 Å². The minimum atomic E-state index is 0.113. The Morgan fingerprint density at radius 1 is 1.22 bits per heavy atom. The predicted molar refractivity (Wildman–Crippen MR) is 68.7 cm³/mol. The first-order valence-electron chi connectivity index (χ1n) is 6.36. The summed E-state index contributed by atoms with van der Waals surface area (Å²) >= 11 is 6.14. The van der Waals surface area contributed by atoms with Gasteiger partial charge in [0.15, 0.2) is 17.3 Å². The van der Waals surface area contributed by atoms with Crippen molar-refractivity contribution in [2.45, 2.75) is 25.7 Å². The molecular weight excluding hydrogens is 252 g/mol. The normalized spacial score (nSPS) is 18.3.